The third-order valence-corrected chi connectivity index (χ3v) is 5.24. The van der Waals surface area contributed by atoms with Crippen LogP contribution < -0.4 is 14.4 Å². The van der Waals surface area contributed by atoms with Crippen molar-refractivity contribution in [1.82, 2.24) is 0 Å². The summed E-state index contributed by atoms with van der Waals surface area (Å²) in [6.07, 6.45) is 2.13. The molecule has 0 unspecified atom stereocenters. The number of hydrogen-bond acceptors (Lipinski definition) is 4. The van der Waals surface area contributed by atoms with Crippen LogP contribution in [0.25, 0.3) is 5.57 Å². The molecular weight excluding hydrogens is 364 g/mol. The Morgan fingerprint density at radius 3 is 2.24 bits per heavy atom. The van der Waals surface area contributed by atoms with Crippen molar-refractivity contribution < 1.29 is 14.3 Å². The first kappa shape index (κ1) is 19.2. The normalized spacial score (nSPS) is 18.0. The third-order valence-electron chi connectivity index (χ3n) is 5.24. The van der Waals surface area contributed by atoms with Crippen LogP contribution in [-0.4, -0.2) is 30.4 Å². The summed E-state index contributed by atoms with van der Waals surface area (Å²) in [5, 5.41) is 0. The molecule has 0 saturated heterocycles. The van der Waals surface area contributed by atoms with Crippen molar-refractivity contribution in [3.63, 3.8) is 0 Å². The molecule has 2 aliphatic heterocycles. The minimum atomic E-state index is -0.424. The number of amides is 1. The van der Waals surface area contributed by atoms with Crippen LogP contribution in [-0.2, 0) is 4.79 Å². The number of hydrogen-bond donors (Lipinski definition) is 0. The molecule has 5 nitrogen and oxygen atoms in total. The standard InChI is InChI=1S/C24H26N2O3/c1-6-28-17-10-8-16(9-11-17)25-21-20-13-18(29-7-2)12-19-15(3)14-24(4,5)26(22(19)20)23(21)27/h8-14H,6-7H2,1-5H3. The summed E-state index contributed by atoms with van der Waals surface area (Å²) in [4.78, 5) is 20.0. The fraction of sp³-hybridized carbons (Fsp3) is 0.333. The topological polar surface area (TPSA) is 51.1 Å². The molecule has 0 aromatic heterocycles. The van der Waals surface area contributed by atoms with E-state index in [0.29, 0.717) is 18.9 Å². The second kappa shape index (κ2) is 7.07. The van der Waals surface area contributed by atoms with Crippen LogP contribution >= 0.6 is 0 Å². The molecule has 0 aliphatic carbocycles. The van der Waals surface area contributed by atoms with Gasteiger partial charge in [-0.25, -0.2) is 4.99 Å². The van der Waals surface area contributed by atoms with Gasteiger partial charge in [0.15, 0.2) is 0 Å². The van der Waals surface area contributed by atoms with Crippen molar-refractivity contribution in [3.05, 3.63) is 53.6 Å². The van der Waals surface area contributed by atoms with Crippen LogP contribution in [0.15, 0.2) is 47.5 Å². The van der Waals surface area contributed by atoms with Gasteiger partial charge in [0, 0.05) is 11.1 Å². The lowest BCUT2D eigenvalue weighted by molar-refractivity contribution is -0.112. The Morgan fingerprint density at radius 1 is 0.966 bits per heavy atom. The SMILES string of the molecule is CCOc1ccc(N=C2C(=O)N3c4c(cc(OCC)cc42)C(C)=CC3(C)C)cc1. The van der Waals surface area contributed by atoms with Gasteiger partial charge in [-0.05, 0) is 76.6 Å². The van der Waals surface area contributed by atoms with Gasteiger partial charge in [-0.2, -0.15) is 0 Å². The zero-order chi connectivity index (χ0) is 20.8. The summed E-state index contributed by atoms with van der Waals surface area (Å²) < 4.78 is 11.3. The number of aliphatic imine (C=N–C) groups is 1. The van der Waals surface area contributed by atoms with E-state index in [-0.39, 0.29) is 5.91 Å². The van der Waals surface area contributed by atoms with E-state index in [2.05, 4.69) is 26.8 Å². The molecule has 2 aromatic carbocycles. The molecule has 150 valence electrons. The van der Waals surface area contributed by atoms with Crippen molar-refractivity contribution in [3.8, 4) is 11.5 Å². The maximum absolute atomic E-state index is 13.4. The van der Waals surface area contributed by atoms with Gasteiger partial charge in [0.25, 0.3) is 5.91 Å². The Kier molecular flexibility index (Phi) is 4.69. The van der Waals surface area contributed by atoms with Crippen molar-refractivity contribution in [1.29, 1.82) is 0 Å². The van der Waals surface area contributed by atoms with E-state index < -0.39 is 5.54 Å². The first-order chi connectivity index (χ1) is 13.9. The minimum absolute atomic E-state index is 0.0856. The molecule has 0 radical (unpaired) electrons. The highest BCUT2D eigenvalue weighted by atomic mass is 16.5. The smallest absolute Gasteiger partial charge is 0.278 e. The molecule has 4 rings (SSSR count). The average molecular weight is 390 g/mol. The van der Waals surface area contributed by atoms with Gasteiger partial charge in [-0.1, -0.05) is 6.08 Å². The van der Waals surface area contributed by atoms with Crippen LogP contribution in [0.1, 0.15) is 45.7 Å². The largest absolute Gasteiger partial charge is 0.494 e. The van der Waals surface area contributed by atoms with Gasteiger partial charge in [0.2, 0.25) is 0 Å². The van der Waals surface area contributed by atoms with E-state index in [1.807, 2.05) is 55.1 Å². The lowest BCUT2D eigenvalue weighted by atomic mass is 9.89. The Bertz CT molecular complexity index is 1030. The monoisotopic (exact) mass is 390 g/mol. The lowest BCUT2D eigenvalue weighted by Gasteiger charge is -2.38. The number of allylic oxidation sites excluding steroid dienone is 1. The van der Waals surface area contributed by atoms with Crippen molar-refractivity contribution in [2.45, 2.75) is 40.2 Å². The summed E-state index contributed by atoms with van der Waals surface area (Å²) in [6.45, 7) is 11.3. The highest BCUT2D eigenvalue weighted by Crippen LogP contribution is 2.47. The number of carbonyl (C=O) groups excluding carboxylic acids is 1. The van der Waals surface area contributed by atoms with Crippen molar-refractivity contribution in [2.24, 2.45) is 4.99 Å². The summed E-state index contributed by atoms with van der Waals surface area (Å²) in [5.41, 5.74) is 4.65. The Labute approximate surface area is 171 Å². The molecule has 0 N–H and O–H groups in total. The van der Waals surface area contributed by atoms with Gasteiger partial charge < -0.3 is 9.47 Å². The van der Waals surface area contributed by atoms with Gasteiger partial charge >= 0.3 is 0 Å². The minimum Gasteiger partial charge on any atom is -0.494 e. The number of benzene rings is 2. The number of rotatable bonds is 5. The molecule has 0 fully saturated rings. The first-order valence-electron chi connectivity index (χ1n) is 10.0. The highest BCUT2D eigenvalue weighted by molar-refractivity contribution is 6.55. The van der Waals surface area contributed by atoms with Gasteiger partial charge in [-0.15, -0.1) is 0 Å². The van der Waals surface area contributed by atoms with E-state index in [1.165, 1.54) is 0 Å². The summed E-state index contributed by atoms with van der Waals surface area (Å²) >= 11 is 0. The molecule has 2 aliphatic rings. The Balaban J connectivity index is 1.87. The molecule has 0 saturated carbocycles. The fourth-order valence-electron chi connectivity index (χ4n) is 4.15. The van der Waals surface area contributed by atoms with E-state index in [4.69, 9.17) is 14.5 Å². The molecule has 0 atom stereocenters. The lowest BCUT2D eigenvalue weighted by Crippen LogP contribution is -2.47. The number of carbonyl (C=O) groups is 1. The van der Waals surface area contributed by atoms with Crippen molar-refractivity contribution in [2.75, 3.05) is 18.1 Å². The molecule has 0 spiro atoms. The summed E-state index contributed by atoms with van der Waals surface area (Å²) in [5.74, 6) is 1.45. The Hall–Kier alpha value is -3.08. The van der Waals surface area contributed by atoms with Gasteiger partial charge in [0.05, 0.1) is 30.1 Å². The number of ether oxygens (including phenoxy) is 2. The number of nitrogens with zero attached hydrogens (tertiary/aromatic N) is 2. The average Bonchev–Trinajstić information content (AvgIpc) is 2.95. The molecule has 5 heteroatoms. The zero-order valence-electron chi connectivity index (χ0n) is 17.6. The van der Waals surface area contributed by atoms with Crippen LogP contribution in [0.3, 0.4) is 0 Å². The van der Waals surface area contributed by atoms with E-state index >= 15 is 0 Å². The van der Waals surface area contributed by atoms with Gasteiger partial charge in [0.1, 0.15) is 17.2 Å². The van der Waals surface area contributed by atoms with E-state index in [9.17, 15) is 4.79 Å². The molecular formula is C24H26N2O3. The summed E-state index contributed by atoms with van der Waals surface area (Å²) in [6, 6.07) is 11.4. The maximum Gasteiger partial charge on any atom is 0.278 e. The quantitative estimate of drug-likeness (QED) is 0.710. The third kappa shape index (κ3) is 3.20. The van der Waals surface area contributed by atoms with Crippen LogP contribution in [0.5, 0.6) is 11.5 Å². The van der Waals surface area contributed by atoms with E-state index in [1.54, 1.807) is 0 Å². The second-order valence-electron chi connectivity index (χ2n) is 7.81. The highest BCUT2D eigenvalue weighted by Gasteiger charge is 2.45. The summed E-state index contributed by atoms with van der Waals surface area (Å²) in [7, 11) is 0. The molecule has 1 amide bonds. The first-order valence-corrected chi connectivity index (χ1v) is 10.0. The number of anilines is 1. The van der Waals surface area contributed by atoms with Gasteiger partial charge in [-0.3, -0.25) is 9.69 Å². The zero-order valence-corrected chi connectivity index (χ0v) is 17.6. The predicted octanol–water partition coefficient (Wildman–Crippen LogP) is 5.15. The van der Waals surface area contributed by atoms with E-state index in [0.717, 1.165) is 39.6 Å². The molecule has 29 heavy (non-hydrogen) atoms. The maximum atomic E-state index is 13.4. The fourth-order valence-corrected chi connectivity index (χ4v) is 4.15. The van der Waals surface area contributed by atoms with Crippen LogP contribution in [0.2, 0.25) is 0 Å². The Morgan fingerprint density at radius 2 is 1.59 bits per heavy atom. The van der Waals surface area contributed by atoms with Crippen LogP contribution in [0, 0.1) is 0 Å². The predicted molar refractivity (Wildman–Crippen MR) is 117 cm³/mol. The molecule has 0 bridgehead atoms. The molecule has 2 aromatic rings. The van der Waals surface area contributed by atoms with Crippen LogP contribution in [0.4, 0.5) is 11.4 Å². The molecule has 2 heterocycles. The second-order valence-corrected chi connectivity index (χ2v) is 7.81. The van der Waals surface area contributed by atoms with Crippen molar-refractivity contribution >= 4 is 28.6 Å².